The monoisotopic (exact) mass is 423 g/mol. The Morgan fingerprint density at radius 3 is 2.74 bits per heavy atom. The molecule has 0 radical (unpaired) electrons. The van der Waals surface area contributed by atoms with Crippen molar-refractivity contribution < 1.29 is 23.5 Å². The van der Waals surface area contributed by atoms with Crippen molar-refractivity contribution in [3.63, 3.8) is 0 Å². The predicted molar refractivity (Wildman–Crippen MR) is 118 cm³/mol. The summed E-state index contributed by atoms with van der Waals surface area (Å²) in [6.07, 6.45) is 3.99. The molecule has 4 rings (SSSR count). The van der Waals surface area contributed by atoms with Gasteiger partial charge in [0.25, 0.3) is 0 Å². The van der Waals surface area contributed by atoms with Crippen molar-refractivity contribution in [2.75, 3.05) is 13.2 Å². The molecule has 0 amide bonds. The third kappa shape index (κ3) is 4.30. The van der Waals surface area contributed by atoms with E-state index < -0.39 is 5.97 Å². The second-order valence-electron chi connectivity index (χ2n) is 8.44. The van der Waals surface area contributed by atoms with E-state index in [4.69, 9.17) is 13.9 Å². The third-order valence-electron chi connectivity index (χ3n) is 6.33. The number of ether oxygens (including phenoxy) is 2. The highest BCUT2D eigenvalue weighted by Crippen LogP contribution is 2.27. The molecule has 0 aliphatic carbocycles. The van der Waals surface area contributed by atoms with Gasteiger partial charge in [0.15, 0.2) is 6.61 Å². The van der Waals surface area contributed by atoms with Crippen molar-refractivity contribution >= 4 is 22.7 Å². The third-order valence-corrected chi connectivity index (χ3v) is 6.33. The molecule has 1 aliphatic heterocycles. The molecule has 1 aliphatic rings. The van der Waals surface area contributed by atoms with Crippen molar-refractivity contribution in [3.8, 4) is 0 Å². The SMILES string of the molecule is Cc1ccc2c(CC(=O)OCC(=O)c3cc(C)n(C[C@H]4CCCO4)c3C)coc2c1C. The highest BCUT2D eigenvalue weighted by atomic mass is 16.5. The molecule has 0 unspecified atom stereocenters. The first kappa shape index (κ1) is 21.4. The van der Waals surface area contributed by atoms with Gasteiger partial charge in [0.2, 0.25) is 5.78 Å². The minimum absolute atomic E-state index is 0.0703. The van der Waals surface area contributed by atoms with Crippen molar-refractivity contribution in [1.82, 2.24) is 4.57 Å². The number of aryl methyl sites for hydroxylation is 3. The standard InChI is InChI=1S/C25H29NO5/c1-15-7-8-21-19(13-31-25(21)17(15)3)11-24(28)30-14-23(27)22-10-16(2)26(18(22)4)12-20-6-5-9-29-20/h7-8,10,13,20H,5-6,9,11-12,14H2,1-4H3/t20-/m1/s1. The molecule has 6 nitrogen and oxygen atoms in total. The first-order valence-corrected chi connectivity index (χ1v) is 10.8. The van der Waals surface area contributed by atoms with Crippen LogP contribution < -0.4 is 0 Å². The number of rotatable bonds is 7. The van der Waals surface area contributed by atoms with Gasteiger partial charge in [-0.2, -0.15) is 0 Å². The smallest absolute Gasteiger partial charge is 0.310 e. The number of nitrogens with zero attached hydrogens (tertiary/aromatic N) is 1. The molecule has 6 heteroatoms. The quantitative estimate of drug-likeness (QED) is 0.410. The highest BCUT2D eigenvalue weighted by Gasteiger charge is 2.22. The van der Waals surface area contributed by atoms with E-state index in [-0.39, 0.29) is 24.9 Å². The second kappa shape index (κ2) is 8.71. The molecule has 0 N–H and O–H groups in total. The number of fused-ring (bicyclic) bond motifs is 1. The van der Waals surface area contributed by atoms with Crippen LogP contribution in [0.3, 0.4) is 0 Å². The molecule has 1 atom stereocenters. The maximum Gasteiger partial charge on any atom is 0.310 e. The zero-order valence-electron chi connectivity index (χ0n) is 18.6. The van der Waals surface area contributed by atoms with Gasteiger partial charge in [0.1, 0.15) is 5.58 Å². The summed E-state index contributed by atoms with van der Waals surface area (Å²) >= 11 is 0. The van der Waals surface area contributed by atoms with Crippen LogP contribution in [0.25, 0.3) is 11.0 Å². The summed E-state index contributed by atoms with van der Waals surface area (Å²) in [7, 11) is 0. The molecule has 0 bridgehead atoms. The summed E-state index contributed by atoms with van der Waals surface area (Å²) in [4.78, 5) is 25.1. The summed E-state index contributed by atoms with van der Waals surface area (Å²) < 4.78 is 18.8. The number of aromatic nitrogens is 1. The molecule has 1 aromatic carbocycles. The fraction of sp³-hybridized carbons (Fsp3) is 0.440. The first-order valence-electron chi connectivity index (χ1n) is 10.8. The van der Waals surface area contributed by atoms with Crippen LogP contribution in [0.4, 0.5) is 0 Å². The van der Waals surface area contributed by atoms with Crippen molar-refractivity contribution in [2.45, 2.75) is 59.6 Å². The van der Waals surface area contributed by atoms with E-state index in [2.05, 4.69) is 4.57 Å². The molecule has 1 fully saturated rings. The fourth-order valence-electron chi connectivity index (χ4n) is 4.31. The van der Waals surface area contributed by atoms with Gasteiger partial charge in [-0.05, 0) is 57.7 Å². The minimum Gasteiger partial charge on any atom is -0.464 e. The summed E-state index contributed by atoms with van der Waals surface area (Å²) in [5.74, 6) is -0.633. The molecule has 3 heterocycles. The van der Waals surface area contributed by atoms with Crippen LogP contribution in [0.2, 0.25) is 0 Å². The van der Waals surface area contributed by atoms with E-state index in [9.17, 15) is 9.59 Å². The minimum atomic E-state index is -0.442. The maximum atomic E-state index is 12.7. The van der Waals surface area contributed by atoms with Crippen molar-refractivity contribution in [3.05, 3.63) is 58.1 Å². The molecular formula is C25H29NO5. The van der Waals surface area contributed by atoms with Gasteiger partial charge in [-0.3, -0.25) is 9.59 Å². The fourth-order valence-corrected chi connectivity index (χ4v) is 4.31. The normalized spacial score (nSPS) is 16.2. The van der Waals surface area contributed by atoms with Crippen LogP contribution in [-0.4, -0.2) is 35.6 Å². The van der Waals surface area contributed by atoms with E-state index >= 15 is 0 Å². The Kier molecular flexibility index (Phi) is 6.01. The Bertz CT molecular complexity index is 1130. The topological polar surface area (TPSA) is 70.7 Å². The Labute approximate surface area is 182 Å². The Balaban J connectivity index is 1.39. The van der Waals surface area contributed by atoms with Gasteiger partial charge in [-0.15, -0.1) is 0 Å². The highest BCUT2D eigenvalue weighted by molar-refractivity contribution is 5.99. The van der Waals surface area contributed by atoms with Gasteiger partial charge in [0.05, 0.1) is 18.8 Å². The number of esters is 1. The van der Waals surface area contributed by atoms with Crippen molar-refractivity contribution in [2.24, 2.45) is 0 Å². The number of hydrogen-bond acceptors (Lipinski definition) is 5. The number of benzene rings is 1. The number of Topliss-reactive ketones (excluding diaryl/α,β-unsaturated/α-hetero) is 1. The lowest BCUT2D eigenvalue weighted by Gasteiger charge is -2.14. The number of furan rings is 1. The number of ketones is 1. The van der Waals surface area contributed by atoms with Gasteiger partial charge < -0.3 is 18.5 Å². The second-order valence-corrected chi connectivity index (χ2v) is 8.44. The van der Waals surface area contributed by atoms with Gasteiger partial charge in [0, 0.05) is 41.1 Å². The van der Waals surface area contributed by atoms with Gasteiger partial charge >= 0.3 is 5.97 Å². The average molecular weight is 424 g/mol. The molecule has 2 aromatic heterocycles. The number of hydrogen-bond donors (Lipinski definition) is 0. The molecule has 1 saturated heterocycles. The molecule has 0 saturated carbocycles. The Hall–Kier alpha value is -2.86. The van der Waals surface area contributed by atoms with E-state index in [0.717, 1.165) is 65.0 Å². The van der Waals surface area contributed by atoms with E-state index in [0.29, 0.717) is 5.56 Å². The van der Waals surface area contributed by atoms with E-state index in [1.807, 2.05) is 45.9 Å². The Morgan fingerprint density at radius 2 is 2.00 bits per heavy atom. The van der Waals surface area contributed by atoms with Crippen LogP contribution >= 0.6 is 0 Å². The molecule has 164 valence electrons. The summed E-state index contributed by atoms with van der Waals surface area (Å²) in [6.45, 7) is 9.22. The average Bonchev–Trinajstić information content (AvgIpc) is 3.46. The summed E-state index contributed by atoms with van der Waals surface area (Å²) in [6, 6.07) is 5.84. The number of carbonyl (C=O) groups excluding carboxylic acids is 2. The molecule has 31 heavy (non-hydrogen) atoms. The predicted octanol–water partition coefficient (Wildman–Crippen LogP) is 4.62. The first-order chi connectivity index (χ1) is 14.8. The lowest BCUT2D eigenvalue weighted by molar-refractivity contribution is -0.141. The van der Waals surface area contributed by atoms with Gasteiger partial charge in [-0.1, -0.05) is 12.1 Å². The van der Waals surface area contributed by atoms with E-state index in [1.54, 1.807) is 6.26 Å². The molecule has 3 aromatic rings. The Morgan fingerprint density at radius 1 is 1.19 bits per heavy atom. The van der Waals surface area contributed by atoms with Crippen LogP contribution in [0.5, 0.6) is 0 Å². The van der Waals surface area contributed by atoms with Crippen LogP contribution in [-0.2, 0) is 27.2 Å². The zero-order chi connectivity index (χ0) is 22.1. The lowest BCUT2D eigenvalue weighted by atomic mass is 10.0. The maximum absolute atomic E-state index is 12.7. The lowest BCUT2D eigenvalue weighted by Crippen LogP contribution is -2.18. The van der Waals surface area contributed by atoms with Crippen molar-refractivity contribution in [1.29, 1.82) is 0 Å². The molecular weight excluding hydrogens is 394 g/mol. The summed E-state index contributed by atoms with van der Waals surface area (Å²) in [5.41, 5.74) is 6.26. The zero-order valence-corrected chi connectivity index (χ0v) is 18.6. The largest absolute Gasteiger partial charge is 0.464 e. The summed E-state index contributed by atoms with van der Waals surface area (Å²) in [5, 5.41) is 0.907. The van der Waals surface area contributed by atoms with Crippen LogP contribution in [0.1, 0.15) is 51.3 Å². The molecule has 0 spiro atoms. The van der Waals surface area contributed by atoms with E-state index in [1.165, 1.54) is 0 Å². The number of carbonyl (C=O) groups is 2. The van der Waals surface area contributed by atoms with Crippen LogP contribution in [0.15, 0.2) is 28.9 Å². The van der Waals surface area contributed by atoms with Crippen LogP contribution in [0, 0.1) is 27.7 Å². The van der Waals surface area contributed by atoms with Gasteiger partial charge in [-0.25, -0.2) is 0 Å².